The summed E-state index contributed by atoms with van der Waals surface area (Å²) >= 11 is 0. The third-order valence-corrected chi connectivity index (χ3v) is 4.80. The maximum atomic E-state index is 11.2. The van der Waals surface area contributed by atoms with Crippen LogP contribution < -0.4 is 10.6 Å². The van der Waals surface area contributed by atoms with Gasteiger partial charge in [0.15, 0.2) is 0 Å². The van der Waals surface area contributed by atoms with Crippen molar-refractivity contribution in [1.82, 2.24) is 9.97 Å². The van der Waals surface area contributed by atoms with Crippen molar-refractivity contribution in [2.75, 3.05) is 17.2 Å². The van der Waals surface area contributed by atoms with E-state index in [4.69, 9.17) is 4.78 Å². The summed E-state index contributed by atoms with van der Waals surface area (Å²) in [5.41, 5.74) is 3.68. The Labute approximate surface area is 165 Å². The Morgan fingerprint density at radius 1 is 1.21 bits per heavy atom. The van der Waals surface area contributed by atoms with Gasteiger partial charge >= 0.3 is 0 Å². The summed E-state index contributed by atoms with van der Waals surface area (Å²) in [4.78, 5) is 9.42. The van der Waals surface area contributed by atoms with Gasteiger partial charge in [0.1, 0.15) is 5.82 Å². The number of nitrogens with one attached hydrogen (secondary N) is 3. The zero-order valence-electron chi connectivity index (χ0n) is 15.6. The maximum Gasteiger partial charge on any atom is 0.229 e. The lowest BCUT2D eigenvalue weighted by atomic mass is 10.1. The third kappa shape index (κ3) is 4.85. The number of nitrogens with zero attached hydrogens (tertiary/aromatic N) is 2. The van der Waals surface area contributed by atoms with Crippen LogP contribution in [0.15, 0.2) is 59.6 Å². The van der Waals surface area contributed by atoms with Crippen molar-refractivity contribution in [3.05, 3.63) is 60.3 Å². The molecule has 0 bridgehead atoms. The second-order valence-corrected chi connectivity index (χ2v) is 7.48. The number of hydrogen-bond acceptors (Lipinski definition) is 8. The Bertz CT molecular complexity index is 1030. The molecule has 0 fully saturated rings. The van der Waals surface area contributed by atoms with Crippen LogP contribution in [0.2, 0.25) is 0 Å². The molecule has 3 aromatic rings. The summed E-state index contributed by atoms with van der Waals surface area (Å²) < 4.78 is 18.4. The molecular weight excluding hydrogens is 374 g/mol. The highest BCUT2D eigenvalue weighted by Gasteiger charge is 2.12. The fourth-order valence-corrected chi connectivity index (χ4v) is 3.03. The number of rotatable bonds is 7. The van der Waals surface area contributed by atoms with E-state index < -0.39 is 10.6 Å². The average molecular weight is 396 g/mol. The standard InChI is InChI=1S/C20H22N5O2S/c1-13-4-3-5-15(10-13)18-11-22-20(25-19(18)23-14(2)12-26)24-16-6-8-17(9-7-16)28(21)27/h3-11,14,21,26H,12H2,1-2H3,(H2,22,23,24,25)/q-1/t14-/m1/s1. The molecule has 0 aliphatic carbocycles. The highest BCUT2D eigenvalue weighted by molar-refractivity contribution is 7.73. The van der Waals surface area contributed by atoms with Crippen LogP contribution in [0.4, 0.5) is 17.5 Å². The number of anilines is 3. The van der Waals surface area contributed by atoms with E-state index in [2.05, 4.69) is 26.7 Å². The van der Waals surface area contributed by atoms with Crippen molar-refractivity contribution >= 4 is 28.0 Å². The van der Waals surface area contributed by atoms with E-state index in [0.717, 1.165) is 22.4 Å². The average Bonchev–Trinajstić information content (AvgIpc) is 2.68. The molecule has 0 radical (unpaired) electrons. The molecule has 146 valence electrons. The normalized spacial score (nSPS) is 12.0. The van der Waals surface area contributed by atoms with Crippen molar-refractivity contribution in [3.63, 3.8) is 0 Å². The molecule has 1 atom stereocenters. The number of hydrogen-bond donors (Lipinski definition) is 4. The highest BCUT2D eigenvalue weighted by atomic mass is 32.2. The van der Waals surface area contributed by atoms with Crippen molar-refractivity contribution in [2.24, 2.45) is 0 Å². The van der Waals surface area contributed by atoms with E-state index in [9.17, 15) is 9.32 Å². The zero-order valence-corrected chi connectivity index (χ0v) is 16.5. The van der Waals surface area contributed by atoms with Gasteiger partial charge in [0.25, 0.3) is 0 Å². The van der Waals surface area contributed by atoms with Crippen LogP contribution in [0.25, 0.3) is 11.1 Å². The minimum Gasteiger partial charge on any atom is -0.440 e. The van der Waals surface area contributed by atoms with Gasteiger partial charge in [-0.1, -0.05) is 46.9 Å². The van der Waals surface area contributed by atoms with Crippen molar-refractivity contribution in [2.45, 2.75) is 24.8 Å². The summed E-state index contributed by atoms with van der Waals surface area (Å²) in [5, 5.41) is 15.7. The SMILES string of the molecule is Cc1cccc(-c2cnc(Nc3ccc([S-](=N)=O)cc3)nc2N[C@H](C)CO)c1. The molecule has 28 heavy (non-hydrogen) atoms. The predicted octanol–water partition coefficient (Wildman–Crippen LogP) is 4.07. The number of aryl methyl sites for hydroxylation is 1. The van der Waals surface area contributed by atoms with Crippen LogP contribution in [0.3, 0.4) is 0 Å². The molecule has 0 spiro atoms. The minimum absolute atomic E-state index is 0.0221. The minimum atomic E-state index is -1.76. The first-order valence-electron chi connectivity index (χ1n) is 8.78. The van der Waals surface area contributed by atoms with E-state index in [0.29, 0.717) is 16.7 Å². The number of benzene rings is 2. The first-order chi connectivity index (χ1) is 13.5. The van der Waals surface area contributed by atoms with Crippen LogP contribution in [-0.4, -0.2) is 27.7 Å². The van der Waals surface area contributed by atoms with Crippen LogP contribution >= 0.6 is 0 Å². The van der Waals surface area contributed by atoms with E-state index >= 15 is 0 Å². The van der Waals surface area contributed by atoms with E-state index in [-0.39, 0.29) is 12.6 Å². The van der Waals surface area contributed by atoms with Gasteiger partial charge in [0, 0.05) is 23.5 Å². The second-order valence-electron chi connectivity index (χ2n) is 6.47. The quantitative estimate of drug-likeness (QED) is 0.448. The lowest BCUT2D eigenvalue weighted by Gasteiger charge is -2.17. The molecule has 4 N–H and O–H groups in total. The Hall–Kier alpha value is -2.97. The van der Waals surface area contributed by atoms with Crippen molar-refractivity contribution in [1.29, 1.82) is 4.78 Å². The molecule has 0 aliphatic heterocycles. The Morgan fingerprint density at radius 3 is 2.61 bits per heavy atom. The topological polar surface area (TPSA) is 111 Å². The van der Waals surface area contributed by atoms with E-state index in [1.54, 1.807) is 30.5 Å². The largest absolute Gasteiger partial charge is 0.440 e. The Morgan fingerprint density at radius 2 is 1.96 bits per heavy atom. The summed E-state index contributed by atoms with van der Waals surface area (Å²) in [6, 6.07) is 14.6. The number of aromatic nitrogens is 2. The van der Waals surface area contributed by atoms with Gasteiger partial charge in [-0.3, -0.25) is 0 Å². The van der Waals surface area contributed by atoms with Gasteiger partial charge in [-0.15, -0.1) is 0 Å². The first-order valence-corrected chi connectivity index (χ1v) is 9.93. The lowest BCUT2D eigenvalue weighted by molar-refractivity contribution is 0.281. The second kappa shape index (κ2) is 8.81. The summed E-state index contributed by atoms with van der Waals surface area (Å²) in [6.07, 6.45) is 1.74. The van der Waals surface area contributed by atoms with Crippen molar-refractivity contribution < 1.29 is 9.32 Å². The molecule has 8 heteroatoms. The molecule has 0 unspecified atom stereocenters. The Kier molecular flexibility index (Phi) is 6.23. The van der Waals surface area contributed by atoms with Gasteiger partial charge in [0.2, 0.25) is 5.95 Å². The van der Waals surface area contributed by atoms with Crippen LogP contribution in [0, 0.1) is 11.7 Å². The van der Waals surface area contributed by atoms with Gasteiger partial charge in [-0.2, -0.15) is 15.6 Å². The molecule has 0 amide bonds. The number of aliphatic hydroxyl groups excluding tert-OH is 1. The van der Waals surface area contributed by atoms with E-state index in [1.165, 1.54) is 0 Å². The lowest BCUT2D eigenvalue weighted by Crippen LogP contribution is -2.21. The smallest absolute Gasteiger partial charge is 0.229 e. The zero-order chi connectivity index (χ0) is 20.1. The van der Waals surface area contributed by atoms with Gasteiger partial charge in [-0.25, -0.2) is 4.98 Å². The fraction of sp³-hybridized carbons (Fsp3) is 0.200. The number of aliphatic hydroxyl groups is 1. The molecular formula is C20H22N5O2S-. The van der Waals surface area contributed by atoms with Crippen LogP contribution in [0.1, 0.15) is 12.5 Å². The molecule has 7 nitrogen and oxygen atoms in total. The summed E-state index contributed by atoms with van der Waals surface area (Å²) in [7, 11) is -1.76. The first kappa shape index (κ1) is 19.8. The van der Waals surface area contributed by atoms with Crippen LogP contribution in [0.5, 0.6) is 0 Å². The predicted molar refractivity (Wildman–Crippen MR) is 111 cm³/mol. The summed E-state index contributed by atoms with van der Waals surface area (Å²) in [5.74, 6) is 1.01. The highest BCUT2D eigenvalue weighted by Crippen LogP contribution is 2.28. The molecule has 0 saturated heterocycles. The molecule has 2 aromatic carbocycles. The van der Waals surface area contributed by atoms with Crippen LogP contribution in [-0.2, 0) is 14.8 Å². The molecule has 1 heterocycles. The molecule has 3 rings (SSSR count). The van der Waals surface area contributed by atoms with Gasteiger partial charge < -0.3 is 24.7 Å². The van der Waals surface area contributed by atoms with Gasteiger partial charge in [0.05, 0.1) is 6.61 Å². The monoisotopic (exact) mass is 396 g/mol. The third-order valence-electron chi connectivity index (χ3n) is 4.10. The van der Waals surface area contributed by atoms with Gasteiger partial charge in [-0.05, 0) is 31.5 Å². The molecule has 1 aromatic heterocycles. The molecule has 0 aliphatic rings. The molecule has 0 saturated carbocycles. The summed E-state index contributed by atoms with van der Waals surface area (Å²) in [6.45, 7) is 3.87. The van der Waals surface area contributed by atoms with E-state index in [1.807, 2.05) is 32.0 Å². The fourth-order valence-electron chi connectivity index (χ4n) is 2.65. The van der Waals surface area contributed by atoms with Crippen molar-refractivity contribution in [3.8, 4) is 11.1 Å². The maximum absolute atomic E-state index is 11.2. The Balaban J connectivity index is 1.93.